The molecule has 1 aliphatic heterocycles. The van der Waals surface area contributed by atoms with Gasteiger partial charge in [0.25, 0.3) is 5.88 Å². The zero-order valence-electron chi connectivity index (χ0n) is 7.25. The van der Waals surface area contributed by atoms with Crippen LogP contribution >= 0.6 is 0 Å². The van der Waals surface area contributed by atoms with Crippen molar-refractivity contribution >= 4 is 21.3 Å². The summed E-state index contributed by atoms with van der Waals surface area (Å²) < 4.78 is 31.1. The van der Waals surface area contributed by atoms with Gasteiger partial charge in [0.05, 0.1) is 10.9 Å². The molecule has 76 valence electrons. The molecule has 0 N–H and O–H groups in total. The van der Waals surface area contributed by atoms with E-state index in [-0.39, 0.29) is 11.9 Å². The second-order valence-corrected chi connectivity index (χ2v) is 4.05. The van der Waals surface area contributed by atoms with Crippen LogP contribution in [0.4, 0.5) is 0 Å². The lowest BCUT2D eigenvalue weighted by atomic mass is 10.2. The lowest BCUT2D eigenvalue weighted by molar-refractivity contribution is 0.352. The predicted octanol–water partition coefficient (Wildman–Crippen LogP) is 0.646. The average molecular weight is 224 g/mol. The first-order valence-corrected chi connectivity index (χ1v) is 5.38. The summed E-state index contributed by atoms with van der Waals surface area (Å²) in [6.07, 6.45) is 0. The molecule has 2 bridgehead atoms. The molecule has 1 aromatic heterocycles. The Morgan fingerprint density at radius 2 is 1.87 bits per heavy atom. The van der Waals surface area contributed by atoms with Crippen LogP contribution in [-0.4, -0.2) is 18.4 Å². The van der Waals surface area contributed by atoms with E-state index in [1.807, 2.05) is 0 Å². The zero-order valence-corrected chi connectivity index (χ0v) is 8.06. The van der Waals surface area contributed by atoms with Crippen LogP contribution in [0, 0.1) is 0 Å². The van der Waals surface area contributed by atoms with Crippen molar-refractivity contribution in [2.45, 2.75) is 0 Å². The molecular formula is C8H4N2O4S. The smallest absolute Gasteiger partial charge is 0.331 e. The Kier molecular flexibility index (Phi) is 1.44. The number of hydrogen-bond acceptors (Lipinski definition) is 6. The molecule has 2 heterocycles. The van der Waals surface area contributed by atoms with Crippen LogP contribution in [0.5, 0.6) is 11.9 Å². The molecule has 0 fully saturated rings. The molecule has 0 spiro atoms. The Hall–Kier alpha value is -1.89. The van der Waals surface area contributed by atoms with E-state index in [1.165, 1.54) is 0 Å². The van der Waals surface area contributed by atoms with Gasteiger partial charge in [-0.05, 0) is 12.1 Å². The first-order chi connectivity index (χ1) is 7.14. The summed E-state index contributed by atoms with van der Waals surface area (Å²) in [5.74, 6) is 0.00171. The highest BCUT2D eigenvalue weighted by Crippen LogP contribution is 2.29. The van der Waals surface area contributed by atoms with Gasteiger partial charge in [0, 0.05) is 0 Å². The van der Waals surface area contributed by atoms with Gasteiger partial charge in [0.1, 0.15) is 0 Å². The second kappa shape index (κ2) is 2.57. The first-order valence-electron chi connectivity index (χ1n) is 4.05. The summed E-state index contributed by atoms with van der Waals surface area (Å²) in [6.45, 7) is 0. The van der Waals surface area contributed by atoms with Crippen LogP contribution < -0.4 is 8.37 Å². The summed E-state index contributed by atoms with van der Waals surface area (Å²) in [5.41, 5.74) is 0.576. The molecule has 15 heavy (non-hydrogen) atoms. The monoisotopic (exact) mass is 224 g/mol. The second-order valence-electron chi connectivity index (χ2n) is 2.90. The molecule has 1 aromatic carbocycles. The molecule has 0 atom stereocenters. The van der Waals surface area contributed by atoms with Crippen molar-refractivity contribution < 1.29 is 16.8 Å². The van der Waals surface area contributed by atoms with Gasteiger partial charge in [0.2, 0.25) is 0 Å². The van der Waals surface area contributed by atoms with Crippen molar-refractivity contribution in [2.24, 2.45) is 0 Å². The Morgan fingerprint density at radius 1 is 1.07 bits per heavy atom. The van der Waals surface area contributed by atoms with Crippen molar-refractivity contribution in [1.29, 1.82) is 0 Å². The topological polar surface area (TPSA) is 78.4 Å². The van der Waals surface area contributed by atoms with Gasteiger partial charge in [-0.2, -0.15) is 9.97 Å². The fraction of sp³-hybridized carbons (Fsp3) is 0. The third-order valence-electron chi connectivity index (χ3n) is 1.91. The lowest BCUT2D eigenvalue weighted by Gasteiger charge is -2.13. The van der Waals surface area contributed by atoms with Crippen LogP contribution in [-0.2, 0) is 10.4 Å². The Morgan fingerprint density at radius 3 is 2.73 bits per heavy atom. The van der Waals surface area contributed by atoms with E-state index >= 15 is 0 Å². The highest BCUT2D eigenvalue weighted by Gasteiger charge is 2.27. The molecule has 3 rings (SSSR count). The highest BCUT2D eigenvalue weighted by atomic mass is 32.3. The standard InChI is InChI=1S/C8H4N2O4S/c11-15(12)13-7-5-3-1-2-4-6(5)9-8(10-7)14-15/h1-4H. The molecule has 0 aliphatic carbocycles. The van der Waals surface area contributed by atoms with E-state index in [1.54, 1.807) is 24.3 Å². The normalized spacial score (nSPS) is 16.8. The molecule has 7 heteroatoms. The number of hydrogen-bond donors (Lipinski definition) is 0. The van der Waals surface area contributed by atoms with Crippen molar-refractivity contribution in [2.75, 3.05) is 0 Å². The zero-order chi connectivity index (χ0) is 10.5. The van der Waals surface area contributed by atoms with Gasteiger partial charge >= 0.3 is 16.4 Å². The van der Waals surface area contributed by atoms with Crippen LogP contribution in [0.15, 0.2) is 24.3 Å². The Bertz CT molecular complexity index is 653. The van der Waals surface area contributed by atoms with E-state index in [2.05, 4.69) is 18.3 Å². The van der Waals surface area contributed by atoms with Crippen LogP contribution in [0.2, 0.25) is 0 Å². The molecule has 0 saturated carbocycles. The molecule has 0 radical (unpaired) electrons. The number of rotatable bonds is 0. The summed E-state index contributed by atoms with van der Waals surface area (Å²) in [7, 11) is -4.05. The minimum atomic E-state index is -4.05. The number of benzene rings is 1. The van der Waals surface area contributed by atoms with Gasteiger partial charge in [-0.15, -0.1) is 8.42 Å². The van der Waals surface area contributed by atoms with Crippen molar-refractivity contribution in [1.82, 2.24) is 9.97 Å². The predicted molar refractivity (Wildman–Crippen MR) is 49.7 cm³/mol. The van der Waals surface area contributed by atoms with Gasteiger partial charge in [-0.3, -0.25) is 0 Å². The Labute approximate surface area is 84.8 Å². The van der Waals surface area contributed by atoms with Crippen LogP contribution in [0.25, 0.3) is 10.9 Å². The van der Waals surface area contributed by atoms with Crippen molar-refractivity contribution in [3.8, 4) is 11.9 Å². The van der Waals surface area contributed by atoms with E-state index in [0.717, 1.165) is 0 Å². The van der Waals surface area contributed by atoms with Crippen molar-refractivity contribution in [3.05, 3.63) is 24.3 Å². The van der Waals surface area contributed by atoms with Crippen molar-refractivity contribution in [3.63, 3.8) is 0 Å². The van der Waals surface area contributed by atoms with E-state index in [0.29, 0.717) is 10.9 Å². The third-order valence-corrected chi connectivity index (χ3v) is 2.62. The third kappa shape index (κ3) is 1.28. The number of para-hydroxylation sites is 1. The SMILES string of the molecule is O=S1(=O)Oc2nc(c3ccccc3n2)O1. The lowest BCUT2D eigenvalue weighted by Crippen LogP contribution is -2.22. The first kappa shape index (κ1) is 8.42. The fourth-order valence-corrected chi connectivity index (χ4v) is 1.94. The van der Waals surface area contributed by atoms with Crippen LogP contribution in [0.1, 0.15) is 0 Å². The minimum absolute atomic E-state index is 0.00171. The summed E-state index contributed by atoms with van der Waals surface area (Å²) in [4.78, 5) is 7.68. The van der Waals surface area contributed by atoms with Gasteiger partial charge in [0.15, 0.2) is 0 Å². The number of fused-ring (bicyclic) bond motifs is 4. The molecule has 1 aliphatic rings. The quantitative estimate of drug-likeness (QED) is 0.653. The Balaban J connectivity index is 2.40. The summed E-state index contributed by atoms with van der Waals surface area (Å²) >= 11 is 0. The van der Waals surface area contributed by atoms with E-state index in [4.69, 9.17) is 0 Å². The summed E-state index contributed by atoms with van der Waals surface area (Å²) in [5, 5.41) is 0.535. The highest BCUT2D eigenvalue weighted by molar-refractivity contribution is 7.82. The van der Waals surface area contributed by atoms with Gasteiger partial charge < -0.3 is 8.37 Å². The summed E-state index contributed by atoms with van der Waals surface area (Å²) in [6, 6.07) is 6.70. The molecule has 0 unspecified atom stereocenters. The fourth-order valence-electron chi connectivity index (χ4n) is 1.33. The number of nitrogens with zero attached hydrogens (tertiary/aromatic N) is 2. The molecule has 2 aromatic rings. The maximum absolute atomic E-state index is 11.1. The minimum Gasteiger partial charge on any atom is -0.331 e. The maximum Gasteiger partial charge on any atom is 0.505 e. The maximum atomic E-state index is 11.1. The molecule has 0 amide bonds. The molecular weight excluding hydrogens is 220 g/mol. The van der Waals surface area contributed by atoms with E-state index in [9.17, 15) is 8.42 Å². The molecule has 0 saturated heterocycles. The van der Waals surface area contributed by atoms with Gasteiger partial charge in [-0.1, -0.05) is 12.1 Å². The number of aromatic nitrogens is 2. The average Bonchev–Trinajstić information content (AvgIpc) is 2.15. The van der Waals surface area contributed by atoms with E-state index < -0.39 is 10.4 Å². The van der Waals surface area contributed by atoms with Crippen LogP contribution in [0.3, 0.4) is 0 Å². The largest absolute Gasteiger partial charge is 0.505 e. The van der Waals surface area contributed by atoms with Gasteiger partial charge in [-0.25, -0.2) is 0 Å². The molecule has 6 nitrogen and oxygen atoms in total.